The standard InChI is InChI=1S/C18H15N3O4/c1-2-25-18(24)16-20-14-9-4-3-8-13(14)15(21-16)19-12-7-5-6-11(10-12)17(22)23/h3-10H,2H2,1H3,(H,22,23)(H,19,20,21). The Hall–Kier alpha value is -3.48. The summed E-state index contributed by atoms with van der Waals surface area (Å²) in [6.07, 6.45) is 0. The van der Waals surface area contributed by atoms with Crippen molar-refractivity contribution in [1.82, 2.24) is 9.97 Å². The van der Waals surface area contributed by atoms with Gasteiger partial charge in [0.05, 0.1) is 17.7 Å². The molecule has 3 rings (SSSR count). The van der Waals surface area contributed by atoms with Crippen molar-refractivity contribution in [2.45, 2.75) is 6.92 Å². The second kappa shape index (κ2) is 6.96. The zero-order valence-corrected chi connectivity index (χ0v) is 13.4. The molecule has 1 aromatic heterocycles. The number of anilines is 2. The van der Waals surface area contributed by atoms with Crippen molar-refractivity contribution in [3.63, 3.8) is 0 Å². The molecule has 0 saturated carbocycles. The fourth-order valence-corrected chi connectivity index (χ4v) is 2.33. The Kier molecular flexibility index (Phi) is 4.56. The van der Waals surface area contributed by atoms with Crippen molar-refractivity contribution in [2.24, 2.45) is 0 Å². The number of hydrogen-bond donors (Lipinski definition) is 2. The van der Waals surface area contributed by atoms with Gasteiger partial charge in [-0.05, 0) is 37.3 Å². The zero-order chi connectivity index (χ0) is 17.8. The highest BCUT2D eigenvalue weighted by Crippen LogP contribution is 2.24. The number of aromatic nitrogens is 2. The lowest BCUT2D eigenvalue weighted by Crippen LogP contribution is -2.11. The van der Waals surface area contributed by atoms with E-state index in [1.54, 1.807) is 31.2 Å². The van der Waals surface area contributed by atoms with Crippen molar-refractivity contribution in [1.29, 1.82) is 0 Å². The predicted octanol–water partition coefficient (Wildman–Crippen LogP) is 3.25. The highest BCUT2D eigenvalue weighted by atomic mass is 16.5. The molecule has 0 aliphatic heterocycles. The molecule has 0 atom stereocenters. The topological polar surface area (TPSA) is 101 Å². The van der Waals surface area contributed by atoms with Gasteiger partial charge in [-0.2, -0.15) is 0 Å². The summed E-state index contributed by atoms with van der Waals surface area (Å²) in [5, 5.41) is 12.9. The van der Waals surface area contributed by atoms with Gasteiger partial charge in [0.15, 0.2) is 0 Å². The number of fused-ring (bicyclic) bond motifs is 1. The van der Waals surface area contributed by atoms with E-state index >= 15 is 0 Å². The number of aromatic carboxylic acids is 1. The van der Waals surface area contributed by atoms with Crippen LogP contribution in [0.15, 0.2) is 48.5 Å². The minimum Gasteiger partial charge on any atom is -0.478 e. The van der Waals surface area contributed by atoms with Crippen LogP contribution in [0.2, 0.25) is 0 Å². The summed E-state index contributed by atoms with van der Waals surface area (Å²) in [4.78, 5) is 31.6. The molecule has 0 bridgehead atoms. The van der Waals surface area contributed by atoms with E-state index < -0.39 is 11.9 Å². The average Bonchev–Trinajstić information content (AvgIpc) is 2.62. The van der Waals surface area contributed by atoms with E-state index in [2.05, 4.69) is 15.3 Å². The largest absolute Gasteiger partial charge is 0.478 e. The van der Waals surface area contributed by atoms with Crippen LogP contribution in [0.3, 0.4) is 0 Å². The predicted molar refractivity (Wildman–Crippen MR) is 92.2 cm³/mol. The number of benzene rings is 2. The fraction of sp³-hybridized carbons (Fsp3) is 0.111. The summed E-state index contributed by atoms with van der Waals surface area (Å²) in [7, 11) is 0. The lowest BCUT2D eigenvalue weighted by Gasteiger charge is -2.11. The fourth-order valence-electron chi connectivity index (χ4n) is 2.33. The molecule has 25 heavy (non-hydrogen) atoms. The molecule has 0 radical (unpaired) electrons. The second-order valence-corrected chi connectivity index (χ2v) is 5.14. The van der Waals surface area contributed by atoms with Crippen molar-refractivity contribution in [3.8, 4) is 0 Å². The number of ether oxygens (including phenoxy) is 1. The second-order valence-electron chi connectivity index (χ2n) is 5.14. The molecule has 0 aliphatic carbocycles. The van der Waals surface area contributed by atoms with Gasteiger partial charge < -0.3 is 15.2 Å². The first-order valence-electron chi connectivity index (χ1n) is 7.62. The van der Waals surface area contributed by atoms with Crippen LogP contribution in [0.5, 0.6) is 0 Å². The number of esters is 1. The number of carbonyl (C=O) groups is 2. The van der Waals surface area contributed by atoms with Crippen molar-refractivity contribution in [3.05, 3.63) is 59.9 Å². The summed E-state index contributed by atoms with van der Waals surface area (Å²) in [5.41, 5.74) is 1.27. The van der Waals surface area contributed by atoms with Crippen molar-refractivity contribution >= 4 is 34.3 Å². The third kappa shape index (κ3) is 3.55. The quantitative estimate of drug-likeness (QED) is 0.689. The Morgan fingerprint density at radius 1 is 1.12 bits per heavy atom. The summed E-state index contributed by atoms with van der Waals surface area (Å²) in [6, 6.07) is 13.5. The van der Waals surface area contributed by atoms with Crippen LogP contribution in [0.25, 0.3) is 10.9 Å². The molecule has 1 heterocycles. The Morgan fingerprint density at radius 3 is 2.68 bits per heavy atom. The number of carbonyl (C=O) groups excluding carboxylic acids is 1. The highest BCUT2D eigenvalue weighted by molar-refractivity contribution is 5.95. The van der Waals surface area contributed by atoms with E-state index in [0.717, 1.165) is 0 Å². The summed E-state index contributed by atoms with van der Waals surface area (Å²) < 4.78 is 4.96. The van der Waals surface area contributed by atoms with Gasteiger partial charge in [0.1, 0.15) is 5.82 Å². The molecule has 2 N–H and O–H groups in total. The van der Waals surface area contributed by atoms with Crippen LogP contribution in [0, 0.1) is 0 Å². The van der Waals surface area contributed by atoms with E-state index in [1.165, 1.54) is 12.1 Å². The maximum Gasteiger partial charge on any atom is 0.376 e. The van der Waals surface area contributed by atoms with E-state index in [0.29, 0.717) is 22.4 Å². The molecular formula is C18H15N3O4. The molecule has 0 spiro atoms. The first kappa shape index (κ1) is 16.4. The first-order valence-corrected chi connectivity index (χ1v) is 7.62. The Balaban J connectivity index is 2.06. The summed E-state index contributed by atoms with van der Waals surface area (Å²) in [5.74, 6) is -1.30. The number of nitrogens with one attached hydrogen (secondary N) is 1. The number of rotatable bonds is 5. The van der Waals surface area contributed by atoms with Crippen LogP contribution in [-0.4, -0.2) is 33.6 Å². The van der Waals surface area contributed by atoms with Crippen LogP contribution < -0.4 is 5.32 Å². The van der Waals surface area contributed by atoms with Gasteiger partial charge in [0.25, 0.3) is 0 Å². The van der Waals surface area contributed by atoms with E-state index in [1.807, 2.05) is 12.1 Å². The first-order chi connectivity index (χ1) is 12.1. The molecule has 0 aliphatic rings. The van der Waals surface area contributed by atoms with Gasteiger partial charge in [-0.1, -0.05) is 18.2 Å². The third-order valence-electron chi connectivity index (χ3n) is 3.43. The number of hydrogen-bond acceptors (Lipinski definition) is 6. The van der Waals surface area contributed by atoms with Gasteiger partial charge in [-0.25, -0.2) is 19.6 Å². The van der Waals surface area contributed by atoms with Gasteiger partial charge in [0.2, 0.25) is 5.82 Å². The maximum absolute atomic E-state index is 12.0. The summed E-state index contributed by atoms with van der Waals surface area (Å²) >= 11 is 0. The monoisotopic (exact) mass is 337 g/mol. The number of carboxylic acids is 1. The van der Waals surface area contributed by atoms with Crippen LogP contribution >= 0.6 is 0 Å². The minimum atomic E-state index is -1.02. The third-order valence-corrected chi connectivity index (χ3v) is 3.43. The molecule has 0 fully saturated rings. The van der Waals surface area contributed by atoms with E-state index in [-0.39, 0.29) is 18.0 Å². The SMILES string of the molecule is CCOC(=O)c1nc(Nc2cccc(C(=O)O)c2)c2ccccc2n1. The molecular weight excluding hydrogens is 322 g/mol. The molecule has 3 aromatic rings. The Bertz CT molecular complexity index is 956. The van der Waals surface area contributed by atoms with Crippen LogP contribution in [0.4, 0.5) is 11.5 Å². The van der Waals surface area contributed by atoms with Crippen LogP contribution in [-0.2, 0) is 4.74 Å². The molecule has 2 aromatic carbocycles. The number of nitrogens with zero attached hydrogens (tertiary/aromatic N) is 2. The molecule has 7 heteroatoms. The smallest absolute Gasteiger partial charge is 0.376 e. The molecule has 0 amide bonds. The van der Waals surface area contributed by atoms with Crippen molar-refractivity contribution < 1.29 is 19.4 Å². The maximum atomic E-state index is 12.0. The van der Waals surface area contributed by atoms with Gasteiger partial charge in [-0.3, -0.25) is 0 Å². The van der Waals surface area contributed by atoms with Gasteiger partial charge in [-0.15, -0.1) is 0 Å². The molecule has 7 nitrogen and oxygen atoms in total. The van der Waals surface area contributed by atoms with Crippen LogP contribution in [0.1, 0.15) is 27.9 Å². The van der Waals surface area contributed by atoms with E-state index in [9.17, 15) is 9.59 Å². The number of carboxylic acid groups (broad SMARTS) is 1. The summed E-state index contributed by atoms with van der Waals surface area (Å²) in [6.45, 7) is 1.92. The minimum absolute atomic E-state index is 0.0579. The van der Waals surface area contributed by atoms with Gasteiger partial charge in [0, 0.05) is 11.1 Å². The Labute approximate surface area is 143 Å². The Morgan fingerprint density at radius 2 is 1.92 bits per heavy atom. The zero-order valence-electron chi connectivity index (χ0n) is 13.4. The number of para-hydroxylation sites is 1. The highest BCUT2D eigenvalue weighted by Gasteiger charge is 2.15. The molecule has 126 valence electrons. The molecule has 0 saturated heterocycles. The van der Waals surface area contributed by atoms with E-state index in [4.69, 9.17) is 9.84 Å². The lowest BCUT2D eigenvalue weighted by molar-refractivity contribution is 0.0512. The lowest BCUT2D eigenvalue weighted by atomic mass is 10.2. The molecule has 0 unspecified atom stereocenters. The normalized spacial score (nSPS) is 10.4. The van der Waals surface area contributed by atoms with Crippen molar-refractivity contribution in [2.75, 3.05) is 11.9 Å². The average molecular weight is 337 g/mol. The van der Waals surface area contributed by atoms with Gasteiger partial charge >= 0.3 is 11.9 Å².